The lowest BCUT2D eigenvalue weighted by Crippen LogP contribution is -2.11. The SMILES string of the molecule is Cc1c(N(c2ccccc2)c2ccc(-c3ccccc3)c(-c3ccccc3)c2)ccc2oc3cc4cccc(-c5cc(Nc6ccccc6-c6ccccc6)ccc5-c5ccccc5)c4cc3c12. The first-order chi connectivity index (χ1) is 33.6. The van der Waals surface area contributed by atoms with Crippen molar-refractivity contribution in [1.29, 1.82) is 0 Å². The Morgan fingerprint density at radius 2 is 0.912 bits per heavy atom. The summed E-state index contributed by atoms with van der Waals surface area (Å²) in [6, 6.07) is 91.1. The fraction of sp³-hybridized carbons (Fsp3) is 0.0154. The van der Waals surface area contributed by atoms with Gasteiger partial charge in [0, 0.05) is 44.8 Å². The largest absolute Gasteiger partial charge is 0.456 e. The van der Waals surface area contributed by atoms with Crippen LogP contribution in [0.4, 0.5) is 28.4 Å². The minimum Gasteiger partial charge on any atom is -0.456 e. The van der Waals surface area contributed by atoms with Crippen molar-refractivity contribution in [3.8, 4) is 55.6 Å². The summed E-state index contributed by atoms with van der Waals surface area (Å²) in [6.07, 6.45) is 0. The van der Waals surface area contributed by atoms with Gasteiger partial charge in [0.2, 0.25) is 0 Å². The maximum Gasteiger partial charge on any atom is 0.136 e. The first-order valence-electron chi connectivity index (χ1n) is 23.2. The van der Waals surface area contributed by atoms with Gasteiger partial charge in [0.1, 0.15) is 11.2 Å². The summed E-state index contributed by atoms with van der Waals surface area (Å²) in [4.78, 5) is 2.39. The van der Waals surface area contributed by atoms with Gasteiger partial charge in [-0.1, -0.05) is 188 Å². The molecule has 0 fully saturated rings. The molecule has 12 aromatic rings. The highest BCUT2D eigenvalue weighted by molar-refractivity contribution is 6.15. The van der Waals surface area contributed by atoms with Gasteiger partial charge in [0.05, 0.1) is 0 Å². The summed E-state index contributed by atoms with van der Waals surface area (Å²) in [6.45, 7) is 2.24. The Balaban J connectivity index is 1.03. The number of rotatable bonds is 10. The van der Waals surface area contributed by atoms with Crippen LogP contribution in [0, 0.1) is 6.92 Å². The monoisotopic (exact) mass is 870 g/mol. The van der Waals surface area contributed by atoms with Crippen LogP contribution < -0.4 is 10.2 Å². The van der Waals surface area contributed by atoms with E-state index < -0.39 is 0 Å². The molecule has 0 aliphatic rings. The van der Waals surface area contributed by atoms with Gasteiger partial charge in [0.25, 0.3) is 0 Å². The Morgan fingerprint density at radius 3 is 1.59 bits per heavy atom. The zero-order valence-corrected chi connectivity index (χ0v) is 37.6. The average molecular weight is 871 g/mol. The summed E-state index contributed by atoms with van der Waals surface area (Å²) in [5, 5.41) is 8.29. The number of anilines is 5. The lowest BCUT2D eigenvalue weighted by atomic mass is 9.90. The predicted octanol–water partition coefficient (Wildman–Crippen LogP) is 18.6. The second-order valence-electron chi connectivity index (χ2n) is 17.4. The van der Waals surface area contributed by atoms with E-state index in [1.807, 2.05) is 0 Å². The van der Waals surface area contributed by atoms with Crippen LogP contribution in [0.15, 0.2) is 259 Å². The molecule has 0 aliphatic carbocycles. The second-order valence-corrected chi connectivity index (χ2v) is 17.4. The van der Waals surface area contributed by atoms with Crippen LogP contribution in [0.5, 0.6) is 0 Å². The van der Waals surface area contributed by atoms with Crippen LogP contribution >= 0.6 is 0 Å². The number of benzene rings is 11. The molecule has 0 saturated heterocycles. The smallest absolute Gasteiger partial charge is 0.136 e. The number of hydrogen-bond donors (Lipinski definition) is 1. The Labute approximate surface area is 396 Å². The molecule has 0 saturated carbocycles. The Morgan fingerprint density at radius 1 is 0.353 bits per heavy atom. The third-order valence-corrected chi connectivity index (χ3v) is 13.2. The van der Waals surface area contributed by atoms with E-state index in [0.717, 1.165) is 83.4 Å². The molecule has 322 valence electrons. The number of nitrogens with one attached hydrogen (secondary N) is 1. The van der Waals surface area contributed by atoms with Gasteiger partial charge >= 0.3 is 0 Å². The fourth-order valence-electron chi connectivity index (χ4n) is 10.0. The van der Waals surface area contributed by atoms with Crippen molar-refractivity contribution in [2.45, 2.75) is 6.92 Å². The van der Waals surface area contributed by atoms with Gasteiger partial charge < -0.3 is 14.6 Å². The van der Waals surface area contributed by atoms with Crippen molar-refractivity contribution in [3.05, 3.63) is 260 Å². The van der Waals surface area contributed by atoms with Crippen molar-refractivity contribution >= 4 is 61.1 Å². The number of aryl methyl sites for hydroxylation is 1. The Kier molecular flexibility index (Phi) is 10.4. The van der Waals surface area contributed by atoms with Gasteiger partial charge in [-0.2, -0.15) is 0 Å². The van der Waals surface area contributed by atoms with Crippen molar-refractivity contribution in [2.75, 3.05) is 10.2 Å². The number of fused-ring (bicyclic) bond motifs is 4. The first kappa shape index (κ1) is 40.6. The van der Waals surface area contributed by atoms with Crippen LogP contribution in [-0.4, -0.2) is 0 Å². The number of nitrogens with zero attached hydrogens (tertiary/aromatic N) is 1. The van der Waals surface area contributed by atoms with Crippen LogP contribution in [0.1, 0.15) is 5.56 Å². The molecule has 1 heterocycles. The molecule has 3 heteroatoms. The van der Waals surface area contributed by atoms with E-state index in [0.29, 0.717) is 0 Å². The summed E-state index contributed by atoms with van der Waals surface area (Å²) in [5.74, 6) is 0. The lowest BCUT2D eigenvalue weighted by Gasteiger charge is -2.28. The molecule has 0 bridgehead atoms. The number of furan rings is 1. The highest BCUT2D eigenvalue weighted by atomic mass is 16.3. The molecule has 68 heavy (non-hydrogen) atoms. The first-order valence-corrected chi connectivity index (χ1v) is 23.2. The molecule has 0 radical (unpaired) electrons. The molecule has 1 N–H and O–H groups in total. The molecule has 1 aromatic heterocycles. The maximum absolute atomic E-state index is 6.77. The Bertz CT molecular complexity index is 3750. The predicted molar refractivity (Wildman–Crippen MR) is 288 cm³/mol. The molecule has 12 rings (SSSR count). The van der Waals surface area contributed by atoms with Gasteiger partial charge in [0.15, 0.2) is 0 Å². The standard InChI is InChI=1S/C65H46N2O/c1-44-62(67(51-29-15-6-16-30-51)52-35-37-53(45-20-7-2-8-21-45)57(42-52)48-26-13-5-14-27-48)38-39-63-65(44)60-43-58-49(40-64(60)68-63)28-19-32-56(58)59-41-50(34-36-54(59)46-22-9-3-10-23-46)66-61-33-18-17-31-55(61)47-24-11-4-12-25-47/h2-43,66H,1H3. The van der Waals surface area contributed by atoms with Gasteiger partial charge in [-0.05, 0) is 140 Å². The van der Waals surface area contributed by atoms with Gasteiger partial charge in [-0.3, -0.25) is 0 Å². The normalized spacial score (nSPS) is 11.3. The van der Waals surface area contributed by atoms with E-state index in [1.54, 1.807) is 0 Å². The average Bonchev–Trinajstić information content (AvgIpc) is 3.78. The zero-order chi connectivity index (χ0) is 45.4. The van der Waals surface area contributed by atoms with E-state index in [-0.39, 0.29) is 0 Å². The third kappa shape index (κ3) is 7.46. The van der Waals surface area contributed by atoms with Crippen molar-refractivity contribution < 1.29 is 4.42 Å². The molecule has 0 unspecified atom stereocenters. The number of para-hydroxylation sites is 2. The van der Waals surface area contributed by atoms with Crippen molar-refractivity contribution in [1.82, 2.24) is 0 Å². The minimum absolute atomic E-state index is 0.865. The number of hydrogen-bond acceptors (Lipinski definition) is 3. The molecule has 0 atom stereocenters. The summed E-state index contributed by atoms with van der Waals surface area (Å²) in [7, 11) is 0. The van der Waals surface area contributed by atoms with E-state index in [4.69, 9.17) is 4.42 Å². The van der Waals surface area contributed by atoms with Crippen LogP contribution in [0.3, 0.4) is 0 Å². The zero-order valence-electron chi connectivity index (χ0n) is 37.6. The highest BCUT2D eigenvalue weighted by Crippen LogP contribution is 2.46. The van der Waals surface area contributed by atoms with Crippen molar-refractivity contribution in [2.24, 2.45) is 0 Å². The molecule has 0 spiro atoms. The third-order valence-electron chi connectivity index (χ3n) is 13.2. The topological polar surface area (TPSA) is 28.4 Å². The molecule has 11 aromatic carbocycles. The second kappa shape index (κ2) is 17.5. The van der Waals surface area contributed by atoms with Crippen LogP contribution in [-0.2, 0) is 0 Å². The van der Waals surface area contributed by atoms with E-state index in [2.05, 4.69) is 272 Å². The molecular weight excluding hydrogens is 825 g/mol. The van der Waals surface area contributed by atoms with E-state index in [9.17, 15) is 0 Å². The van der Waals surface area contributed by atoms with E-state index in [1.165, 1.54) is 38.9 Å². The fourth-order valence-corrected chi connectivity index (χ4v) is 10.0. The lowest BCUT2D eigenvalue weighted by molar-refractivity contribution is 0.669. The van der Waals surface area contributed by atoms with Crippen LogP contribution in [0.2, 0.25) is 0 Å². The summed E-state index contributed by atoms with van der Waals surface area (Å²) >= 11 is 0. The van der Waals surface area contributed by atoms with Gasteiger partial charge in [-0.25, -0.2) is 0 Å². The molecule has 3 nitrogen and oxygen atoms in total. The summed E-state index contributed by atoms with van der Waals surface area (Å²) < 4.78 is 6.77. The molecule has 0 aliphatic heterocycles. The minimum atomic E-state index is 0.865. The van der Waals surface area contributed by atoms with Gasteiger partial charge in [-0.15, -0.1) is 0 Å². The highest BCUT2D eigenvalue weighted by Gasteiger charge is 2.22. The molecule has 0 amide bonds. The Hall–Kier alpha value is -8.92. The van der Waals surface area contributed by atoms with E-state index >= 15 is 0 Å². The summed E-state index contributed by atoms with van der Waals surface area (Å²) in [5.41, 5.74) is 19.9. The maximum atomic E-state index is 6.77. The van der Waals surface area contributed by atoms with Crippen LogP contribution in [0.25, 0.3) is 88.3 Å². The molecular formula is C65H46N2O. The quantitative estimate of drug-likeness (QED) is 0.148. The van der Waals surface area contributed by atoms with Crippen molar-refractivity contribution in [3.63, 3.8) is 0 Å².